The van der Waals surface area contributed by atoms with Crippen molar-refractivity contribution >= 4 is 43.9 Å². The van der Waals surface area contributed by atoms with E-state index in [4.69, 9.17) is 9.72 Å². The predicted octanol–water partition coefficient (Wildman–Crippen LogP) is 11.2. The summed E-state index contributed by atoms with van der Waals surface area (Å²) in [5, 5.41) is 4.44. The number of rotatable bonds is 6. The molecule has 0 bridgehead atoms. The van der Waals surface area contributed by atoms with Crippen molar-refractivity contribution in [1.29, 1.82) is 0 Å². The van der Waals surface area contributed by atoms with Crippen LogP contribution >= 0.6 is 0 Å². The van der Waals surface area contributed by atoms with Crippen molar-refractivity contribution in [2.24, 2.45) is 0 Å². The van der Waals surface area contributed by atoms with E-state index < -0.39 is 0 Å². The van der Waals surface area contributed by atoms with E-state index in [1.165, 1.54) is 5.56 Å². The van der Waals surface area contributed by atoms with Crippen LogP contribution in [0, 0.1) is 19.1 Å². The molecule has 0 N–H and O–H groups in total. The number of nitrogens with zero attached hydrogens (tertiary/aromatic N) is 5. The first-order valence-corrected chi connectivity index (χ1v) is 19.0. The number of hydrogen-bond acceptors (Lipinski definition) is 2. The summed E-state index contributed by atoms with van der Waals surface area (Å²) in [4.78, 5) is 5.66. The van der Waals surface area contributed by atoms with E-state index >= 15 is 0 Å². The summed E-state index contributed by atoms with van der Waals surface area (Å²) in [6.07, 6.45) is 4.24. The van der Waals surface area contributed by atoms with E-state index in [9.17, 15) is 0 Å². The Morgan fingerprint density at radius 1 is 0.649 bits per heavy atom. The number of ether oxygens (including phenoxy) is 1. The number of hydrogen-bond donors (Lipinski definition) is 0. The molecule has 57 heavy (non-hydrogen) atoms. The number of aromatic nitrogens is 5. The monoisotopic (exact) mass is 921 g/mol. The van der Waals surface area contributed by atoms with Crippen LogP contribution in [0.2, 0.25) is 0 Å². The molecule has 0 aliphatic rings. The van der Waals surface area contributed by atoms with Gasteiger partial charge in [-0.2, -0.15) is 34.9 Å². The van der Waals surface area contributed by atoms with Crippen molar-refractivity contribution < 1.29 is 30.4 Å². The normalized spacial score (nSPS) is 11.8. The predicted molar refractivity (Wildman–Crippen MR) is 227 cm³/mol. The third kappa shape index (κ3) is 5.90. The first kappa shape index (κ1) is 36.4. The Bertz CT molecular complexity index is 3090. The minimum atomic E-state index is 0. The summed E-state index contributed by atoms with van der Waals surface area (Å²) in [6, 6.07) is 56.3. The van der Waals surface area contributed by atoms with Gasteiger partial charge in [-0.25, -0.2) is 9.55 Å². The van der Waals surface area contributed by atoms with Crippen LogP contribution in [0.1, 0.15) is 32.2 Å². The summed E-state index contributed by atoms with van der Waals surface area (Å²) < 4.78 is 14.6. The van der Waals surface area contributed by atoms with Crippen molar-refractivity contribution in [1.82, 2.24) is 18.7 Å². The van der Waals surface area contributed by atoms with Gasteiger partial charge in [-0.3, -0.25) is 0 Å². The summed E-state index contributed by atoms with van der Waals surface area (Å²) in [5.41, 5.74) is 11.4. The maximum Gasteiger partial charge on any atom is 2.00 e. The number of para-hydroxylation sites is 3. The van der Waals surface area contributed by atoms with Crippen molar-refractivity contribution in [3.63, 3.8) is 0 Å². The number of pyridine rings is 1. The molecule has 0 saturated carbocycles. The summed E-state index contributed by atoms with van der Waals surface area (Å²) >= 11 is 0. The second kappa shape index (κ2) is 14.1. The zero-order chi connectivity index (χ0) is 38.1. The zero-order valence-electron chi connectivity index (χ0n) is 32.4. The van der Waals surface area contributed by atoms with Crippen LogP contribution in [-0.2, 0) is 26.5 Å². The number of benzene rings is 6. The topological polar surface area (TPSA) is 40.8 Å². The first-order chi connectivity index (χ1) is 27.3. The Kier molecular flexibility index (Phi) is 8.98. The number of fused-ring (bicyclic) bond motifs is 6. The molecule has 10 rings (SSSR count). The van der Waals surface area contributed by atoms with E-state index in [-0.39, 0.29) is 26.5 Å². The average Bonchev–Trinajstić information content (AvgIpc) is 3.89. The molecule has 4 aromatic heterocycles. The fourth-order valence-corrected chi connectivity index (χ4v) is 8.27. The standard InChI is InChI=1S/C50H40N5O.Pt/c1-33-52(36-26-24-35(25-27-36)50(2,3)4)30-31-53(33)38-16-13-17-39(32-38)55-44-21-12-10-19-42(44)47-45(34-22-28-40(56-5)29-23-34)46-41-18-9-11-20-43(41)54(48(46)51-49(47)55)37-14-7-6-8-15-37;/h6-14,16-31H,1-5H3;/q-1;+2. The molecular weight excluding hydrogens is 882 g/mol. The average molecular weight is 922 g/mol. The molecule has 280 valence electrons. The third-order valence-corrected chi connectivity index (χ3v) is 11.1. The summed E-state index contributed by atoms with van der Waals surface area (Å²) in [5.74, 6) is 1.89. The van der Waals surface area contributed by atoms with Gasteiger partial charge >= 0.3 is 21.1 Å². The van der Waals surface area contributed by atoms with Crippen LogP contribution in [0.5, 0.6) is 5.75 Å². The van der Waals surface area contributed by atoms with Gasteiger partial charge < -0.3 is 13.9 Å². The van der Waals surface area contributed by atoms with E-state index in [0.29, 0.717) is 0 Å². The smallest absolute Gasteiger partial charge is 0.497 e. The van der Waals surface area contributed by atoms with Crippen LogP contribution < -0.4 is 9.30 Å². The SMILES string of the molecule is COc1ccc(-c2c3c4ccccc4n(-c4[c-]cccc4)c3nc3c2c2ccccc2n3-c2[c-]c(-n3cc[n+](-c4ccc(C(C)(C)C)cc4)c3C)ccc2)cc1.[Pt+2]. The van der Waals surface area contributed by atoms with E-state index in [0.717, 1.165) is 89.3 Å². The molecule has 7 heteroatoms. The molecule has 4 heterocycles. The molecule has 0 atom stereocenters. The largest absolute Gasteiger partial charge is 2.00 e. The maximum atomic E-state index is 5.66. The molecule has 0 radical (unpaired) electrons. The number of methoxy groups -OCH3 is 1. The molecule has 0 amide bonds. The van der Waals surface area contributed by atoms with Crippen LogP contribution in [0.15, 0.2) is 152 Å². The molecule has 10 aromatic rings. The third-order valence-electron chi connectivity index (χ3n) is 11.1. The van der Waals surface area contributed by atoms with Gasteiger partial charge in [0.05, 0.1) is 18.1 Å². The van der Waals surface area contributed by atoms with Crippen molar-refractivity contribution in [3.05, 3.63) is 175 Å². The molecule has 6 nitrogen and oxygen atoms in total. The van der Waals surface area contributed by atoms with Gasteiger partial charge in [0, 0.05) is 39.7 Å². The van der Waals surface area contributed by atoms with Gasteiger partial charge in [-0.05, 0) is 52.9 Å². The van der Waals surface area contributed by atoms with Gasteiger partial charge in [0.2, 0.25) is 0 Å². The minimum Gasteiger partial charge on any atom is -0.497 e. The maximum absolute atomic E-state index is 5.66. The molecule has 0 unspecified atom stereocenters. The summed E-state index contributed by atoms with van der Waals surface area (Å²) in [6.45, 7) is 8.89. The zero-order valence-corrected chi connectivity index (χ0v) is 34.7. The molecule has 0 fully saturated rings. The van der Waals surface area contributed by atoms with E-state index in [1.54, 1.807) is 7.11 Å². The van der Waals surface area contributed by atoms with Crippen LogP contribution in [0.25, 0.3) is 77.7 Å². The molecular formula is C50H40N5OPt+. The van der Waals surface area contributed by atoms with Crippen LogP contribution in [-0.4, -0.2) is 25.8 Å². The quantitative estimate of drug-likeness (QED) is 0.123. The fourth-order valence-electron chi connectivity index (χ4n) is 8.27. The van der Waals surface area contributed by atoms with Gasteiger partial charge in [0.25, 0.3) is 5.82 Å². The minimum absolute atomic E-state index is 0. The van der Waals surface area contributed by atoms with Crippen molar-refractivity contribution in [2.45, 2.75) is 33.1 Å². The van der Waals surface area contributed by atoms with Gasteiger partial charge in [-0.1, -0.05) is 92.8 Å². The Morgan fingerprint density at radius 3 is 1.86 bits per heavy atom. The summed E-state index contributed by atoms with van der Waals surface area (Å²) in [7, 11) is 1.71. The molecule has 6 aromatic carbocycles. The molecule has 0 spiro atoms. The van der Waals surface area contributed by atoms with E-state index in [1.807, 2.05) is 24.3 Å². The fraction of sp³-hybridized carbons (Fsp3) is 0.120. The Labute approximate surface area is 346 Å². The van der Waals surface area contributed by atoms with Gasteiger partial charge in [0.15, 0.2) is 0 Å². The van der Waals surface area contributed by atoms with Gasteiger partial charge in [-0.15, -0.1) is 24.3 Å². The Balaban J connectivity index is 0.00000422. The first-order valence-electron chi connectivity index (χ1n) is 19.0. The van der Waals surface area contributed by atoms with E-state index in [2.05, 4.69) is 186 Å². The Hall–Kier alpha value is -6.23. The second-order valence-corrected chi connectivity index (χ2v) is 15.4. The molecule has 0 aliphatic carbocycles. The molecule has 0 saturated heterocycles. The van der Waals surface area contributed by atoms with Crippen molar-refractivity contribution in [2.75, 3.05) is 7.11 Å². The molecule has 0 aliphatic heterocycles. The van der Waals surface area contributed by atoms with Crippen LogP contribution in [0.4, 0.5) is 0 Å². The van der Waals surface area contributed by atoms with Crippen LogP contribution in [0.3, 0.4) is 0 Å². The van der Waals surface area contributed by atoms with Gasteiger partial charge in [0.1, 0.15) is 35.1 Å². The number of imidazole rings is 1. The second-order valence-electron chi connectivity index (χ2n) is 15.4. The Morgan fingerprint density at radius 2 is 1.25 bits per heavy atom. The van der Waals surface area contributed by atoms with Crippen molar-refractivity contribution in [3.8, 4) is 39.6 Å².